The van der Waals surface area contributed by atoms with Gasteiger partial charge in [-0.1, -0.05) is 18.2 Å². The normalized spacial score (nSPS) is 12.1. The van der Waals surface area contributed by atoms with Gasteiger partial charge in [0.05, 0.1) is 5.56 Å². The Hall–Kier alpha value is -4.36. The lowest BCUT2D eigenvalue weighted by atomic mass is 9.84. The van der Waals surface area contributed by atoms with Crippen molar-refractivity contribution in [3.05, 3.63) is 106 Å². The smallest absolute Gasteiger partial charge is 0.206 e. The van der Waals surface area contributed by atoms with E-state index in [2.05, 4.69) is 0 Å². The molecule has 0 saturated carbocycles. The molecule has 5 rings (SSSR count). The minimum atomic E-state index is -6.01. The molecule has 0 bridgehead atoms. The summed E-state index contributed by atoms with van der Waals surface area (Å²) in [5.41, 5.74) is -8.56. The van der Waals surface area contributed by atoms with Crippen molar-refractivity contribution in [3.8, 4) is 22.3 Å². The molecule has 0 heterocycles. The SMILES string of the molecule is Fc1ccc(-c2c3c(F)cccc3c(-c3c(F)c(F)c(C(F)(F)F)c(F)c3F)c3c(F)c(F)c(F)c(F)c23)cc1F. The zero-order valence-electron chi connectivity index (χ0n) is 19.3. The highest BCUT2D eigenvalue weighted by molar-refractivity contribution is 6.22. The van der Waals surface area contributed by atoms with Crippen LogP contribution in [-0.4, -0.2) is 0 Å². The highest BCUT2D eigenvalue weighted by atomic mass is 19.4. The molecule has 14 heteroatoms. The molecule has 5 aromatic rings. The van der Waals surface area contributed by atoms with Crippen molar-refractivity contribution in [1.29, 1.82) is 0 Å². The minimum absolute atomic E-state index is 0.299. The van der Waals surface area contributed by atoms with Crippen LogP contribution >= 0.6 is 0 Å². The van der Waals surface area contributed by atoms with Gasteiger partial charge in [0.25, 0.3) is 0 Å². The van der Waals surface area contributed by atoms with Crippen LogP contribution in [0, 0.1) is 64.0 Å². The second-order valence-corrected chi connectivity index (χ2v) is 8.55. The molecule has 0 aliphatic heterocycles. The maximum atomic E-state index is 15.4. The lowest BCUT2D eigenvalue weighted by Crippen LogP contribution is -2.16. The molecule has 0 spiro atoms. The summed E-state index contributed by atoms with van der Waals surface area (Å²) in [6.07, 6.45) is -6.01. The monoisotopic (exact) mass is 596 g/mol. The van der Waals surface area contributed by atoms with E-state index in [1.54, 1.807) is 0 Å². The molecule has 0 radical (unpaired) electrons. The van der Waals surface area contributed by atoms with Crippen molar-refractivity contribution in [3.63, 3.8) is 0 Å². The van der Waals surface area contributed by atoms with Crippen LogP contribution in [0.4, 0.5) is 61.5 Å². The highest BCUT2D eigenvalue weighted by Crippen LogP contribution is 2.50. The van der Waals surface area contributed by atoms with Crippen molar-refractivity contribution in [1.82, 2.24) is 0 Å². The Labute approximate surface area is 218 Å². The summed E-state index contributed by atoms with van der Waals surface area (Å²) in [4.78, 5) is 0. The highest BCUT2D eigenvalue weighted by Gasteiger charge is 2.43. The molecule has 0 N–H and O–H groups in total. The summed E-state index contributed by atoms with van der Waals surface area (Å²) in [6, 6.07) is 3.40. The second kappa shape index (κ2) is 9.35. The molecule has 0 amide bonds. The molecule has 0 unspecified atom stereocenters. The van der Waals surface area contributed by atoms with Gasteiger partial charge < -0.3 is 0 Å². The van der Waals surface area contributed by atoms with E-state index < -0.39 is 120 Å². The lowest BCUT2D eigenvalue weighted by Gasteiger charge is -2.21. The van der Waals surface area contributed by atoms with Crippen LogP contribution in [0.3, 0.4) is 0 Å². The third kappa shape index (κ3) is 3.98. The average Bonchev–Trinajstić information content (AvgIpc) is 2.90. The Balaban J connectivity index is 2.16. The van der Waals surface area contributed by atoms with Crippen molar-refractivity contribution in [2.24, 2.45) is 0 Å². The number of hydrogen-bond acceptors (Lipinski definition) is 0. The summed E-state index contributed by atoms with van der Waals surface area (Å²) in [6.45, 7) is 0. The van der Waals surface area contributed by atoms with E-state index in [0.717, 1.165) is 6.07 Å². The Bertz CT molecular complexity index is 1910. The predicted octanol–water partition coefficient (Wildman–Crippen LogP) is 9.88. The minimum Gasteiger partial charge on any atom is -0.206 e. The van der Waals surface area contributed by atoms with Gasteiger partial charge in [-0.25, -0.2) is 48.3 Å². The molecule has 0 aliphatic carbocycles. The molecule has 212 valence electrons. The van der Waals surface area contributed by atoms with Crippen LogP contribution in [0.25, 0.3) is 43.8 Å². The van der Waals surface area contributed by atoms with E-state index in [4.69, 9.17) is 0 Å². The second-order valence-electron chi connectivity index (χ2n) is 8.55. The van der Waals surface area contributed by atoms with Crippen LogP contribution in [0.15, 0.2) is 36.4 Å². The zero-order valence-corrected chi connectivity index (χ0v) is 19.3. The first-order chi connectivity index (χ1) is 19.1. The number of halogens is 14. The largest absolute Gasteiger partial charge is 0.422 e. The zero-order chi connectivity index (χ0) is 30.3. The topological polar surface area (TPSA) is 0 Å². The van der Waals surface area contributed by atoms with Crippen molar-refractivity contribution >= 4 is 21.5 Å². The fraction of sp³-hybridized carbons (Fsp3) is 0.0370. The van der Waals surface area contributed by atoms with Crippen LogP contribution in [-0.2, 0) is 6.18 Å². The van der Waals surface area contributed by atoms with Crippen LogP contribution in [0.5, 0.6) is 0 Å². The van der Waals surface area contributed by atoms with Gasteiger partial charge in [-0.2, -0.15) is 13.2 Å². The maximum absolute atomic E-state index is 15.4. The van der Waals surface area contributed by atoms with E-state index in [1.165, 1.54) is 0 Å². The first kappa shape index (κ1) is 28.2. The van der Waals surface area contributed by atoms with E-state index in [-0.39, 0.29) is 0 Å². The number of benzene rings is 5. The standard InChI is InChI=1S/C27H6F14/c28-9-5-4-7(6-11(9)30)12-13-8(2-1-3-10(13)29)14(16-15(12)19(31)25(37)26(38)20(16)32)17-21(33)23(35)18(27(39,40)41)24(36)22(17)34/h1-6H. The van der Waals surface area contributed by atoms with Crippen molar-refractivity contribution in [2.45, 2.75) is 6.18 Å². The number of rotatable bonds is 2. The van der Waals surface area contributed by atoms with Gasteiger partial charge in [-0.3, -0.25) is 0 Å². The fourth-order valence-corrected chi connectivity index (χ4v) is 4.65. The van der Waals surface area contributed by atoms with Crippen LogP contribution < -0.4 is 0 Å². The molecule has 0 aliphatic rings. The van der Waals surface area contributed by atoms with Crippen LogP contribution in [0.1, 0.15) is 5.56 Å². The molecule has 0 aromatic heterocycles. The van der Waals surface area contributed by atoms with Gasteiger partial charge in [-0.15, -0.1) is 0 Å². The quantitative estimate of drug-likeness (QED) is 0.0824. The van der Waals surface area contributed by atoms with Gasteiger partial charge in [0.15, 0.2) is 58.2 Å². The predicted molar refractivity (Wildman–Crippen MR) is 117 cm³/mol. The number of fused-ring (bicyclic) bond motifs is 2. The lowest BCUT2D eigenvalue weighted by molar-refractivity contribution is -0.143. The average molecular weight is 596 g/mol. The molecule has 0 fully saturated rings. The molecule has 0 nitrogen and oxygen atoms in total. The van der Waals surface area contributed by atoms with Gasteiger partial charge >= 0.3 is 6.18 Å². The van der Waals surface area contributed by atoms with Crippen LogP contribution in [0.2, 0.25) is 0 Å². The Morgan fingerprint density at radius 1 is 0.415 bits per heavy atom. The van der Waals surface area contributed by atoms with E-state index in [0.29, 0.717) is 30.3 Å². The molecule has 5 aromatic carbocycles. The Kier molecular flexibility index (Phi) is 6.42. The first-order valence-corrected chi connectivity index (χ1v) is 10.9. The summed E-state index contributed by atoms with van der Waals surface area (Å²) < 4.78 is 202. The summed E-state index contributed by atoms with van der Waals surface area (Å²) in [5.74, 6) is -26.5. The molecule has 0 atom stereocenters. The Morgan fingerprint density at radius 3 is 1.46 bits per heavy atom. The van der Waals surface area contributed by atoms with Crippen molar-refractivity contribution < 1.29 is 61.5 Å². The maximum Gasteiger partial charge on any atom is 0.422 e. The summed E-state index contributed by atoms with van der Waals surface area (Å²) in [7, 11) is 0. The van der Waals surface area contributed by atoms with Crippen molar-refractivity contribution in [2.75, 3.05) is 0 Å². The van der Waals surface area contributed by atoms with E-state index >= 15 is 22.0 Å². The molecular formula is C27H6F14. The first-order valence-electron chi connectivity index (χ1n) is 10.9. The third-order valence-electron chi connectivity index (χ3n) is 6.31. The number of alkyl halides is 3. The van der Waals surface area contributed by atoms with Gasteiger partial charge in [0.1, 0.15) is 11.4 Å². The Morgan fingerprint density at radius 2 is 0.951 bits per heavy atom. The third-order valence-corrected chi connectivity index (χ3v) is 6.31. The summed E-state index contributed by atoms with van der Waals surface area (Å²) >= 11 is 0. The van der Waals surface area contributed by atoms with Gasteiger partial charge in [0, 0.05) is 27.3 Å². The molecular weight excluding hydrogens is 590 g/mol. The van der Waals surface area contributed by atoms with E-state index in [9.17, 15) is 39.5 Å². The van der Waals surface area contributed by atoms with Gasteiger partial charge in [-0.05, 0) is 29.1 Å². The summed E-state index contributed by atoms with van der Waals surface area (Å²) in [5, 5.41) is -5.36. The van der Waals surface area contributed by atoms with E-state index in [1.807, 2.05) is 0 Å². The molecule has 0 saturated heterocycles. The fourth-order valence-electron chi connectivity index (χ4n) is 4.65. The molecule has 41 heavy (non-hydrogen) atoms. The van der Waals surface area contributed by atoms with Gasteiger partial charge in [0.2, 0.25) is 0 Å². The number of hydrogen-bond donors (Lipinski definition) is 0.